The molecular formula is C16H18ClNO3S. The maximum Gasteiger partial charge on any atom is 0.242 e. The molecule has 0 heterocycles. The number of aliphatic hydroxyl groups is 1. The van der Waals surface area contributed by atoms with E-state index in [2.05, 4.69) is 0 Å². The number of likely N-dealkylation sites (N-methyl/N-ethyl adjacent to an activating group) is 1. The molecule has 22 heavy (non-hydrogen) atoms. The predicted octanol–water partition coefficient (Wildman–Crippen LogP) is 2.87. The number of halogens is 1. The SMILES string of the molecule is CN(CC(C)(O)c1ccccc1)S(=O)(=O)c1ccc(Cl)cc1. The first-order valence-corrected chi connectivity index (χ1v) is 8.55. The fourth-order valence-corrected chi connectivity index (χ4v) is 3.58. The Balaban J connectivity index is 2.24. The quantitative estimate of drug-likeness (QED) is 0.911. The molecule has 118 valence electrons. The number of hydrogen-bond donors (Lipinski definition) is 1. The molecule has 2 rings (SSSR count). The molecule has 0 radical (unpaired) electrons. The summed E-state index contributed by atoms with van der Waals surface area (Å²) >= 11 is 5.78. The van der Waals surface area contributed by atoms with Crippen molar-refractivity contribution in [3.63, 3.8) is 0 Å². The summed E-state index contributed by atoms with van der Waals surface area (Å²) in [5.41, 5.74) is -0.622. The number of nitrogens with zero attached hydrogens (tertiary/aromatic N) is 1. The maximum atomic E-state index is 12.5. The average Bonchev–Trinajstić information content (AvgIpc) is 2.48. The van der Waals surface area contributed by atoms with Gasteiger partial charge in [-0.1, -0.05) is 41.9 Å². The fraction of sp³-hybridized carbons (Fsp3) is 0.250. The molecule has 0 aromatic heterocycles. The van der Waals surface area contributed by atoms with Gasteiger partial charge in [0.2, 0.25) is 10.0 Å². The van der Waals surface area contributed by atoms with Gasteiger partial charge < -0.3 is 5.11 Å². The Morgan fingerprint density at radius 2 is 1.64 bits per heavy atom. The van der Waals surface area contributed by atoms with Gasteiger partial charge in [-0.25, -0.2) is 8.42 Å². The highest BCUT2D eigenvalue weighted by atomic mass is 35.5. The van der Waals surface area contributed by atoms with Crippen molar-refractivity contribution in [1.29, 1.82) is 0 Å². The second kappa shape index (κ2) is 6.38. The Kier molecular flexibility index (Phi) is 4.92. The molecule has 2 aromatic rings. The number of rotatable bonds is 5. The fourth-order valence-electron chi connectivity index (χ4n) is 2.19. The smallest absolute Gasteiger partial charge is 0.242 e. The molecule has 1 N–H and O–H groups in total. The van der Waals surface area contributed by atoms with Crippen LogP contribution in [0.1, 0.15) is 12.5 Å². The predicted molar refractivity (Wildman–Crippen MR) is 87.3 cm³/mol. The van der Waals surface area contributed by atoms with Crippen molar-refractivity contribution in [1.82, 2.24) is 4.31 Å². The van der Waals surface area contributed by atoms with Gasteiger partial charge in [-0.15, -0.1) is 0 Å². The van der Waals surface area contributed by atoms with Gasteiger partial charge in [0.1, 0.15) is 5.60 Å². The number of sulfonamides is 1. The van der Waals surface area contributed by atoms with Crippen molar-refractivity contribution < 1.29 is 13.5 Å². The van der Waals surface area contributed by atoms with Gasteiger partial charge >= 0.3 is 0 Å². The van der Waals surface area contributed by atoms with Gasteiger partial charge in [0.05, 0.1) is 4.90 Å². The van der Waals surface area contributed by atoms with Crippen molar-refractivity contribution in [3.05, 3.63) is 65.2 Å². The minimum Gasteiger partial charge on any atom is -0.384 e. The normalized spacial score (nSPS) is 14.8. The van der Waals surface area contributed by atoms with Crippen LogP contribution >= 0.6 is 11.6 Å². The Hall–Kier alpha value is -1.40. The third-order valence-electron chi connectivity index (χ3n) is 3.45. The monoisotopic (exact) mass is 339 g/mol. The molecule has 1 atom stereocenters. The molecule has 0 saturated carbocycles. The summed E-state index contributed by atoms with van der Waals surface area (Å²) in [6.45, 7) is 1.54. The summed E-state index contributed by atoms with van der Waals surface area (Å²) in [7, 11) is -2.24. The second-order valence-electron chi connectivity index (χ2n) is 5.35. The van der Waals surface area contributed by atoms with E-state index in [0.29, 0.717) is 10.6 Å². The first-order chi connectivity index (χ1) is 10.2. The van der Waals surface area contributed by atoms with Gasteiger partial charge in [0, 0.05) is 18.6 Å². The van der Waals surface area contributed by atoms with Crippen LogP contribution in [0.25, 0.3) is 0 Å². The molecule has 0 bridgehead atoms. The van der Waals surface area contributed by atoms with Crippen LogP contribution in [0.4, 0.5) is 0 Å². The molecule has 0 saturated heterocycles. The summed E-state index contributed by atoms with van der Waals surface area (Å²) in [6.07, 6.45) is 0. The van der Waals surface area contributed by atoms with E-state index in [1.807, 2.05) is 6.07 Å². The molecule has 1 unspecified atom stereocenters. The molecule has 0 fully saturated rings. The molecular weight excluding hydrogens is 322 g/mol. The molecule has 0 amide bonds. The average molecular weight is 340 g/mol. The first kappa shape index (κ1) is 17.0. The first-order valence-electron chi connectivity index (χ1n) is 6.73. The highest BCUT2D eigenvalue weighted by Gasteiger charge is 2.30. The van der Waals surface area contributed by atoms with E-state index in [-0.39, 0.29) is 11.4 Å². The van der Waals surface area contributed by atoms with E-state index in [4.69, 9.17) is 11.6 Å². The van der Waals surface area contributed by atoms with Crippen molar-refractivity contribution >= 4 is 21.6 Å². The molecule has 0 aliphatic heterocycles. The Bertz CT molecular complexity index is 728. The van der Waals surface area contributed by atoms with E-state index in [1.165, 1.54) is 31.3 Å². The van der Waals surface area contributed by atoms with Gasteiger partial charge in [-0.05, 0) is 36.8 Å². The molecule has 6 heteroatoms. The second-order valence-corrected chi connectivity index (χ2v) is 7.84. The molecule has 4 nitrogen and oxygen atoms in total. The lowest BCUT2D eigenvalue weighted by atomic mass is 9.96. The lowest BCUT2D eigenvalue weighted by molar-refractivity contribution is 0.0416. The van der Waals surface area contributed by atoms with E-state index in [9.17, 15) is 13.5 Å². The van der Waals surface area contributed by atoms with Crippen LogP contribution in [0.5, 0.6) is 0 Å². The van der Waals surface area contributed by atoms with Crippen LogP contribution < -0.4 is 0 Å². The van der Waals surface area contributed by atoms with E-state index in [0.717, 1.165) is 4.31 Å². The number of hydrogen-bond acceptors (Lipinski definition) is 3. The standard InChI is InChI=1S/C16H18ClNO3S/c1-16(19,13-6-4-3-5-7-13)12-18(2)22(20,21)15-10-8-14(17)9-11-15/h3-11,19H,12H2,1-2H3. The van der Waals surface area contributed by atoms with Crippen LogP contribution in [-0.4, -0.2) is 31.4 Å². The van der Waals surface area contributed by atoms with Crippen LogP contribution in [0, 0.1) is 0 Å². The van der Waals surface area contributed by atoms with Gasteiger partial charge in [0.25, 0.3) is 0 Å². The lowest BCUT2D eigenvalue weighted by Gasteiger charge is -2.29. The topological polar surface area (TPSA) is 57.6 Å². The summed E-state index contributed by atoms with van der Waals surface area (Å²) in [4.78, 5) is 0.142. The van der Waals surface area contributed by atoms with Crippen LogP contribution in [-0.2, 0) is 15.6 Å². The molecule has 0 spiro atoms. The van der Waals surface area contributed by atoms with Gasteiger partial charge in [-0.2, -0.15) is 4.31 Å². The highest BCUT2D eigenvalue weighted by molar-refractivity contribution is 7.89. The van der Waals surface area contributed by atoms with Crippen molar-refractivity contribution in [3.8, 4) is 0 Å². The van der Waals surface area contributed by atoms with Gasteiger partial charge in [0.15, 0.2) is 0 Å². The maximum absolute atomic E-state index is 12.5. The van der Waals surface area contributed by atoms with Crippen molar-refractivity contribution in [2.24, 2.45) is 0 Å². The Labute approximate surface area is 136 Å². The zero-order valence-corrected chi connectivity index (χ0v) is 14.0. The zero-order chi connectivity index (χ0) is 16.4. The summed E-state index contributed by atoms with van der Waals surface area (Å²) in [6, 6.07) is 14.9. The molecule has 2 aromatic carbocycles. The third kappa shape index (κ3) is 3.67. The summed E-state index contributed by atoms with van der Waals surface area (Å²) in [5, 5.41) is 11.1. The summed E-state index contributed by atoms with van der Waals surface area (Å²) < 4.78 is 26.2. The number of benzene rings is 2. The zero-order valence-electron chi connectivity index (χ0n) is 12.4. The Morgan fingerprint density at radius 3 is 2.18 bits per heavy atom. The third-order valence-corrected chi connectivity index (χ3v) is 5.52. The van der Waals surface area contributed by atoms with E-state index >= 15 is 0 Å². The molecule has 0 aliphatic rings. The minimum absolute atomic E-state index is 0.0536. The Morgan fingerprint density at radius 1 is 1.09 bits per heavy atom. The molecule has 0 aliphatic carbocycles. The highest BCUT2D eigenvalue weighted by Crippen LogP contribution is 2.24. The summed E-state index contributed by atoms with van der Waals surface area (Å²) in [5.74, 6) is 0. The van der Waals surface area contributed by atoms with Crippen LogP contribution in [0.15, 0.2) is 59.5 Å². The van der Waals surface area contributed by atoms with Gasteiger partial charge in [-0.3, -0.25) is 0 Å². The van der Waals surface area contributed by atoms with E-state index < -0.39 is 15.6 Å². The van der Waals surface area contributed by atoms with E-state index in [1.54, 1.807) is 31.2 Å². The van der Waals surface area contributed by atoms with Crippen LogP contribution in [0.2, 0.25) is 5.02 Å². The van der Waals surface area contributed by atoms with Crippen molar-refractivity contribution in [2.45, 2.75) is 17.4 Å². The van der Waals surface area contributed by atoms with Crippen molar-refractivity contribution in [2.75, 3.05) is 13.6 Å². The van der Waals surface area contributed by atoms with Crippen LogP contribution in [0.3, 0.4) is 0 Å². The largest absolute Gasteiger partial charge is 0.384 e. The lowest BCUT2D eigenvalue weighted by Crippen LogP contribution is -2.39. The minimum atomic E-state index is -3.68.